The Morgan fingerprint density at radius 2 is 2.28 bits per heavy atom. The van der Waals surface area contributed by atoms with Gasteiger partial charge in [0.25, 0.3) is 0 Å². The van der Waals surface area contributed by atoms with Crippen molar-refractivity contribution < 1.29 is 9.18 Å². The van der Waals surface area contributed by atoms with Crippen LogP contribution in [0.25, 0.3) is 0 Å². The fourth-order valence-corrected chi connectivity index (χ4v) is 1.93. The Kier molecular flexibility index (Phi) is 4.28. The van der Waals surface area contributed by atoms with Gasteiger partial charge in [-0.1, -0.05) is 12.1 Å². The van der Waals surface area contributed by atoms with Gasteiger partial charge >= 0.3 is 0 Å². The lowest BCUT2D eigenvalue weighted by molar-refractivity contribution is -0.123. The summed E-state index contributed by atoms with van der Waals surface area (Å²) in [6.45, 7) is 3.81. The van der Waals surface area contributed by atoms with E-state index in [1.54, 1.807) is 12.1 Å². The van der Waals surface area contributed by atoms with E-state index in [9.17, 15) is 9.18 Å². The molecule has 18 heavy (non-hydrogen) atoms. The summed E-state index contributed by atoms with van der Waals surface area (Å²) in [5.41, 5.74) is 0.764. The molecule has 0 aliphatic carbocycles. The molecule has 1 aliphatic heterocycles. The highest BCUT2D eigenvalue weighted by Gasteiger charge is 2.22. The second kappa shape index (κ2) is 5.93. The van der Waals surface area contributed by atoms with Crippen molar-refractivity contribution in [3.8, 4) is 0 Å². The Balaban J connectivity index is 1.81. The first kappa shape index (κ1) is 13.0. The van der Waals surface area contributed by atoms with Gasteiger partial charge in [0.1, 0.15) is 5.82 Å². The Morgan fingerprint density at radius 1 is 1.44 bits per heavy atom. The Bertz CT molecular complexity index is 416. The van der Waals surface area contributed by atoms with Crippen molar-refractivity contribution in [1.29, 1.82) is 0 Å². The summed E-state index contributed by atoms with van der Waals surface area (Å²) >= 11 is 0. The van der Waals surface area contributed by atoms with Crippen molar-refractivity contribution in [1.82, 2.24) is 16.0 Å². The molecule has 0 spiro atoms. The minimum absolute atomic E-state index is 0.0568. The number of carbonyl (C=O) groups is 1. The highest BCUT2D eigenvalue weighted by Crippen LogP contribution is 2.03. The van der Waals surface area contributed by atoms with E-state index in [0.29, 0.717) is 19.1 Å². The second-order valence-electron chi connectivity index (χ2n) is 4.62. The molecular weight excluding hydrogens is 233 g/mol. The van der Waals surface area contributed by atoms with Crippen LogP contribution < -0.4 is 16.0 Å². The van der Waals surface area contributed by atoms with E-state index in [0.717, 1.165) is 12.1 Å². The van der Waals surface area contributed by atoms with E-state index >= 15 is 0 Å². The summed E-state index contributed by atoms with van der Waals surface area (Å²) in [7, 11) is 0. The van der Waals surface area contributed by atoms with Crippen LogP contribution in [0, 0.1) is 5.82 Å². The lowest BCUT2D eigenvalue weighted by Gasteiger charge is -2.28. The van der Waals surface area contributed by atoms with Gasteiger partial charge in [-0.05, 0) is 24.6 Å². The predicted octanol–water partition coefficient (Wildman–Crippen LogP) is 0.392. The number of halogens is 1. The number of hydrogen-bond acceptors (Lipinski definition) is 3. The quantitative estimate of drug-likeness (QED) is 0.728. The number of hydrogen-bond donors (Lipinski definition) is 3. The van der Waals surface area contributed by atoms with Gasteiger partial charge < -0.3 is 16.0 Å². The number of amides is 1. The van der Waals surface area contributed by atoms with Crippen molar-refractivity contribution in [3.05, 3.63) is 35.6 Å². The van der Waals surface area contributed by atoms with Crippen molar-refractivity contribution >= 4 is 5.91 Å². The highest BCUT2D eigenvalue weighted by molar-refractivity contribution is 5.82. The average molecular weight is 251 g/mol. The number of carbonyl (C=O) groups excluding carboxylic acids is 1. The molecule has 1 aliphatic rings. The standard InChI is InChI=1S/C13H18FN3O/c1-9-6-16-12(8-15-9)13(18)17-7-10-3-2-4-11(14)5-10/h2-5,9,12,15-16H,6-8H2,1H3,(H,17,18). The largest absolute Gasteiger partial charge is 0.351 e. The predicted molar refractivity (Wildman–Crippen MR) is 67.5 cm³/mol. The summed E-state index contributed by atoms with van der Waals surface area (Å²) in [5, 5.41) is 9.21. The Hall–Kier alpha value is -1.46. The third-order valence-electron chi connectivity index (χ3n) is 3.01. The maximum Gasteiger partial charge on any atom is 0.238 e. The molecule has 1 aromatic carbocycles. The van der Waals surface area contributed by atoms with Gasteiger partial charge in [0.05, 0.1) is 6.04 Å². The van der Waals surface area contributed by atoms with Crippen LogP contribution in [0.15, 0.2) is 24.3 Å². The monoisotopic (exact) mass is 251 g/mol. The lowest BCUT2D eigenvalue weighted by atomic mass is 10.1. The smallest absolute Gasteiger partial charge is 0.238 e. The molecule has 1 heterocycles. The minimum atomic E-state index is -0.284. The van der Waals surface area contributed by atoms with Gasteiger partial charge in [-0.2, -0.15) is 0 Å². The van der Waals surface area contributed by atoms with Crippen molar-refractivity contribution in [3.63, 3.8) is 0 Å². The van der Waals surface area contributed by atoms with Crippen LogP contribution in [0.4, 0.5) is 4.39 Å². The fourth-order valence-electron chi connectivity index (χ4n) is 1.93. The average Bonchev–Trinajstić information content (AvgIpc) is 2.37. The molecule has 1 fully saturated rings. The van der Waals surface area contributed by atoms with Crippen molar-refractivity contribution in [2.75, 3.05) is 13.1 Å². The van der Waals surface area contributed by atoms with Crippen LogP contribution in [-0.4, -0.2) is 31.1 Å². The fraction of sp³-hybridized carbons (Fsp3) is 0.462. The summed E-state index contributed by atoms with van der Waals surface area (Å²) in [4.78, 5) is 11.9. The SMILES string of the molecule is CC1CNC(C(=O)NCc2cccc(F)c2)CN1. The number of benzene rings is 1. The summed E-state index contributed by atoms with van der Waals surface area (Å²) in [6.07, 6.45) is 0. The number of rotatable bonds is 3. The zero-order valence-electron chi connectivity index (χ0n) is 10.4. The topological polar surface area (TPSA) is 53.2 Å². The Morgan fingerprint density at radius 3 is 2.94 bits per heavy atom. The van der Waals surface area contributed by atoms with Crippen LogP contribution in [0.2, 0.25) is 0 Å². The van der Waals surface area contributed by atoms with Crippen LogP contribution in [0.5, 0.6) is 0 Å². The second-order valence-corrected chi connectivity index (χ2v) is 4.62. The van der Waals surface area contributed by atoms with Crippen LogP contribution in [0.1, 0.15) is 12.5 Å². The maximum atomic E-state index is 13.0. The van der Waals surface area contributed by atoms with Gasteiger partial charge in [-0.3, -0.25) is 4.79 Å². The first-order valence-corrected chi connectivity index (χ1v) is 6.14. The van der Waals surface area contributed by atoms with Crippen LogP contribution in [0.3, 0.4) is 0 Å². The lowest BCUT2D eigenvalue weighted by Crippen LogP contribution is -2.58. The van der Waals surface area contributed by atoms with Gasteiger partial charge in [-0.15, -0.1) is 0 Å². The van der Waals surface area contributed by atoms with Gasteiger partial charge in [-0.25, -0.2) is 4.39 Å². The first-order chi connectivity index (χ1) is 8.65. The third kappa shape index (κ3) is 3.51. The molecule has 1 aromatic rings. The van der Waals surface area contributed by atoms with Crippen LogP contribution in [-0.2, 0) is 11.3 Å². The maximum absolute atomic E-state index is 13.0. The van der Waals surface area contributed by atoms with Gasteiger partial charge in [0.2, 0.25) is 5.91 Å². The molecule has 2 rings (SSSR count). The molecule has 0 bridgehead atoms. The normalized spacial score (nSPS) is 23.7. The zero-order valence-corrected chi connectivity index (χ0v) is 10.4. The zero-order chi connectivity index (χ0) is 13.0. The van der Waals surface area contributed by atoms with E-state index in [1.165, 1.54) is 12.1 Å². The summed E-state index contributed by atoms with van der Waals surface area (Å²) in [5.74, 6) is -0.341. The van der Waals surface area contributed by atoms with Crippen LogP contribution >= 0.6 is 0 Å². The van der Waals surface area contributed by atoms with Crippen molar-refractivity contribution in [2.45, 2.75) is 25.6 Å². The summed E-state index contributed by atoms with van der Waals surface area (Å²) in [6, 6.07) is 6.41. The highest BCUT2D eigenvalue weighted by atomic mass is 19.1. The number of piperazine rings is 1. The molecule has 98 valence electrons. The van der Waals surface area contributed by atoms with E-state index in [1.807, 2.05) is 0 Å². The molecule has 2 atom stereocenters. The summed E-state index contributed by atoms with van der Waals surface area (Å²) < 4.78 is 13.0. The molecular formula is C13H18FN3O. The molecule has 2 unspecified atom stereocenters. The van der Waals surface area contributed by atoms with E-state index in [2.05, 4.69) is 22.9 Å². The van der Waals surface area contributed by atoms with E-state index < -0.39 is 0 Å². The molecule has 1 saturated heterocycles. The van der Waals surface area contributed by atoms with E-state index in [-0.39, 0.29) is 17.8 Å². The first-order valence-electron chi connectivity index (χ1n) is 6.14. The molecule has 4 nitrogen and oxygen atoms in total. The Labute approximate surface area is 106 Å². The molecule has 0 radical (unpaired) electrons. The molecule has 3 N–H and O–H groups in total. The van der Waals surface area contributed by atoms with E-state index in [4.69, 9.17) is 0 Å². The van der Waals surface area contributed by atoms with Gasteiger partial charge in [0.15, 0.2) is 0 Å². The number of nitrogens with one attached hydrogen (secondary N) is 3. The molecule has 0 saturated carbocycles. The van der Waals surface area contributed by atoms with Gasteiger partial charge in [0, 0.05) is 25.7 Å². The molecule has 1 amide bonds. The molecule has 0 aromatic heterocycles. The minimum Gasteiger partial charge on any atom is -0.351 e. The molecule has 5 heteroatoms. The third-order valence-corrected chi connectivity index (χ3v) is 3.01. The van der Waals surface area contributed by atoms with Crippen molar-refractivity contribution in [2.24, 2.45) is 0 Å².